The summed E-state index contributed by atoms with van der Waals surface area (Å²) in [5.74, 6) is -0.455. The first-order valence-electron chi connectivity index (χ1n) is 13.2. The van der Waals surface area contributed by atoms with Gasteiger partial charge in [0.25, 0.3) is 15.9 Å². The number of morpholine rings is 1. The zero-order valence-electron chi connectivity index (χ0n) is 21.7. The minimum atomic E-state index is -3.83. The lowest BCUT2D eigenvalue weighted by atomic mass is 10.0. The standard InChI is InChI=1S/C29H33N3O6S/c33-28(30-38-29-9-1-2-16-37-29)11-10-23-12-13-32(22-23)39(34,35)27-8-4-7-26(20-27)25-6-3-5-24(19-25)21-31-14-17-36-18-15-31/h3-8,10-13,19-20,22,29H,1-2,9,14-18,21H2,(H,30,33)/b11-10+. The Morgan fingerprint density at radius 3 is 2.62 bits per heavy atom. The second-order valence-corrected chi connectivity index (χ2v) is 11.5. The van der Waals surface area contributed by atoms with Gasteiger partial charge >= 0.3 is 0 Å². The predicted molar refractivity (Wildman–Crippen MR) is 147 cm³/mol. The average Bonchev–Trinajstić information content (AvgIpc) is 3.46. The molecule has 39 heavy (non-hydrogen) atoms. The largest absolute Gasteiger partial charge is 0.379 e. The van der Waals surface area contributed by atoms with E-state index in [9.17, 15) is 13.2 Å². The maximum Gasteiger partial charge on any atom is 0.267 e. The van der Waals surface area contributed by atoms with Gasteiger partial charge in [-0.2, -0.15) is 0 Å². The highest BCUT2D eigenvalue weighted by Crippen LogP contribution is 2.25. The van der Waals surface area contributed by atoms with Crippen molar-refractivity contribution in [3.05, 3.63) is 84.2 Å². The van der Waals surface area contributed by atoms with Crippen LogP contribution in [0.1, 0.15) is 30.4 Å². The van der Waals surface area contributed by atoms with Gasteiger partial charge in [0.15, 0.2) is 6.29 Å². The molecule has 1 unspecified atom stereocenters. The number of benzene rings is 2. The van der Waals surface area contributed by atoms with Crippen molar-refractivity contribution in [2.45, 2.75) is 37.0 Å². The van der Waals surface area contributed by atoms with Gasteiger partial charge in [0.05, 0.1) is 18.1 Å². The topological polar surface area (TPSA) is 99.1 Å². The van der Waals surface area contributed by atoms with E-state index < -0.39 is 22.2 Å². The van der Waals surface area contributed by atoms with Gasteiger partial charge in [0, 0.05) is 51.1 Å². The van der Waals surface area contributed by atoms with Crippen LogP contribution in [0.25, 0.3) is 17.2 Å². The van der Waals surface area contributed by atoms with Crippen LogP contribution in [0, 0.1) is 0 Å². The Morgan fingerprint density at radius 2 is 1.82 bits per heavy atom. The Labute approximate surface area is 229 Å². The number of nitrogens with one attached hydrogen (secondary N) is 1. The maximum atomic E-state index is 13.4. The molecular formula is C29H33N3O6S. The summed E-state index contributed by atoms with van der Waals surface area (Å²) in [6, 6.07) is 16.8. The second-order valence-electron chi connectivity index (χ2n) is 9.61. The van der Waals surface area contributed by atoms with E-state index in [-0.39, 0.29) is 4.90 Å². The van der Waals surface area contributed by atoms with Crippen molar-refractivity contribution < 1.29 is 27.5 Å². The van der Waals surface area contributed by atoms with Crippen LogP contribution in [-0.4, -0.2) is 62.4 Å². The fraction of sp³-hybridized carbons (Fsp3) is 0.345. The van der Waals surface area contributed by atoms with E-state index in [2.05, 4.69) is 22.5 Å². The van der Waals surface area contributed by atoms with Gasteiger partial charge in [-0.15, -0.1) is 0 Å². The Kier molecular flexibility index (Phi) is 8.90. The molecule has 9 nitrogen and oxygen atoms in total. The first-order valence-corrected chi connectivity index (χ1v) is 14.6. The van der Waals surface area contributed by atoms with Crippen LogP contribution in [0.2, 0.25) is 0 Å². The smallest absolute Gasteiger partial charge is 0.267 e. The van der Waals surface area contributed by atoms with Gasteiger partial charge < -0.3 is 9.47 Å². The Balaban J connectivity index is 1.25. The van der Waals surface area contributed by atoms with Crippen LogP contribution in [0.3, 0.4) is 0 Å². The van der Waals surface area contributed by atoms with Crippen LogP contribution in [0.4, 0.5) is 0 Å². The highest BCUT2D eigenvalue weighted by Gasteiger charge is 2.18. The van der Waals surface area contributed by atoms with Crippen LogP contribution >= 0.6 is 0 Å². The second kappa shape index (κ2) is 12.7. The van der Waals surface area contributed by atoms with Gasteiger partial charge in [-0.25, -0.2) is 22.7 Å². The van der Waals surface area contributed by atoms with Crippen molar-refractivity contribution in [1.82, 2.24) is 14.4 Å². The van der Waals surface area contributed by atoms with Crippen LogP contribution in [0.15, 0.2) is 78.0 Å². The average molecular weight is 552 g/mol. The number of carbonyl (C=O) groups is 1. The van der Waals surface area contributed by atoms with E-state index >= 15 is 0 Å². The summed E-state index contributed by atoms with van der Waals surface area (Å²) in [6.45, 7) is 4.73. The summed E-state index contributed by atoms with van der Waals surface area (Å²) in [5, 5.41) is 0. The molecule has 1 atom stereocenters. The first-order chi connectivity index (χ1) is 19.0. The number of hydroxylamine groups is 1. The summed E-state index contributed by atoms with van der Waals surface area (Å²) < 4.78 is 38.8. The molecule has 0 saturated carbocycles. The number of ether oxygens (including phenoxy) is 2. The lowest BCUT2D eigenvalue weighted by Crippen LogP contribution is -2.35. The molecule has 1 aromatic heterocycles. The zero-order chi connectivity index (χ0) is 27.1. The van der Waals surface area contributed by atoms with E-state index in [1.807, 2.05) is 18.2 Å². The van der Waals surface area contributed by atoms with E-state index in [4.69, 9.17) is 14.3 Å². The molecule has 2 aliphatic rings. The summed E-state index contributed by atoms with van der Waals surface area (Å²) >= 11 is 0. The van der Waals surface area contributed by atoms with Crippen molar-refractivity contribution in [3.63, 3.8) is 0 Å². The van der Waals surface area contributed by atoms with Crippen molar-refractivity contribution in [2.75, 3.05) is 32.9 Å². The molecule has 1 N–H and O–H groups in total. The third-order valence-electron chi connectivity index (χ3n) is 6.73. The quantitative estimate of drug-likeness (QED) is 0.319. The molecule has 206 valence electrons. The van der Waals surface area contributed by atoms with Crippen molar-refractivity contribution in [2.24, 2.45) is 0 Å². The van der Waals surface area contributed by atoms with Crippen LogP contribution in [0.5, 0.6) is 0 Å². The van der Waals surface area contributed by atoms with Gasteiger partial charge in [0.2, 0.25) is 0 Å². The molecule has 3 aromatic rings. The van der Waals surface area contributed by atoms with Gasteiger partial charge in [-0.3, -0.25) is 9.69 Å². The molecule has 2 aromatic carbocycles. The Hall–Kier alpha value is -3.28. The Morgan fingerprint density at radius 1 is 1.03 bits per heavy atom. The fourth-order valence-corrected chi connectivity index (χ4v) is 5.85. The van der Waals surface area contributed by atoms with Gasteiger partial charge in [-0.05, 0) is 65.4 Å². The minimum Gasteiger partial charge on any atom is -0.379 e. The van der Waals surface area contributed by atoms with E-state index in [0.717, 1.165) is 67.2 Å². The molecular weight excluding hydrogens is 518 g/mol. The summed E-state index contributed by atoms with van der Waals surface area (Å²) in [4.78, 5) is 19.9. The number of rotatable bonds is 9. The first kappa shape index (κ1) is 27.3. The summed E-state index contributed by atoms with van der Waals surface area (Å²) in [7, 11) is -3.83. The van der Waals surface area contributed by atoms with Crippen molar-refractivity contribution in [1.29, 1.82) is 0 Å². The van der Waals surface area contributed by atoms with Crippen LogP contribution in [-0.2, 0) is 35.7 Å². The molecule has 2 aliphatic heterocycles. The van der Waals surface area contributed by atoms with Gasteiger partial charge in [-0.1, -0.05) is 30.3 Å². The number of aromatic nitrogens is 1. The molecule has 2 saturated heterocycles. The third-order valence-corrected chi connectivity index (χ3v) is 8.36. The molecule has 10 heteroatoms. The number of nitrogens with zero attached hydrogens (tertiary/aromatic N) is 2. The fourth-order valence-electron chi connectivity index (χ4n) is 4.60. The molecule has 0 aliphatic carbocycles. The number of hydrogen-bond donors (Lipinski definition) is 1. The van der Waals surface area contributed by atoms with E-state index in [0.29, 0.717) is 12.2 Å². The lowest BCUT2D eigenvalue weighted by molar-refractivity contribution is -0.198. The molecule has 1 amide bonds. The number of amides is 1. The number of hydrogen-bond acceptors (Lipinski definition) is 7. The highest BCUT2D eigenvalue weighted by molar-refractivity contribution is 7.90. The third kappa shape index (κ3) is 7.23. The molecule has 3 heterocycles. The van der Waals surface area contributed by atoms with Crippen LogP contribution < -0.4 is 5.48 Å². The molecule has 5 rings (SSSR count). The Bertz CT molecular complexity index is 1410. The molecule has 0 bridgehead atoms. The lowest BCUT2D eigenvalue weighted by Gasteiger charge is -2.26. The summed E-state index contributed by atoms with van der Waals surface area (Å²) in [5.41, 5.74) is 5.87. The normalized spacial score (nSPS) is 18.8. The van der Waals surface area contributed by atoms with Gasteiger partial charge in [0.1, 0.15) is 0 Å². The molecule has 0 spiro atoms. The van der Waals surface area contributed by atoms with E-state index in [1.165, 1.54) is 30.1 Å². The van der Waals surface area contributed by atoms with Crippen molar-refractivity contribution in [3.8, 4) is 11.1 Å². The van der Waals surface area contributed by atoms with E-state index in [1.54, 1.807) is 24.3 Å². The maximum absolute atomic E-state index is 13.4. The minimum absolute atomic E-state index is 0.184. The monoisotopic (exact) mass is 551 g/mol. The van der Waals surface area contributed by atoms with Crippen molar-refractivity contribution >= 4 is 22.0 Å². The molecule has 0 radical (unpaired) electrons. The SMILES string of the molecule is O=C(/C=C/c1ccn(S(=O)(=O)c2cccc(-c3cccc(CN4CCOCC4)c3)c2)c1)NOC1CCCCO1. The predicted octanol–water partition coefficient (Wildman–Crippen LogP) is 3.81. The summed E-state index contributed by atoms with van der Waals surface area (Å²) in [6.07, 6.45) is 8.02. The number of carbonyl (C=O) groups excluding carboxylic acids is 1. The highest BCUT2D eigenvalue weighted by atomic mass is 32.2. The zero-order valence-corrected chi connectivity index (χ0v) is 22.5. The molecule has 2 fully saturated rings.